The highest BCUT2D eigenvalue weighted by atomic mass is 16.2. The predicted octanol–water partition coefficient (Wildman–Crippen LogP) is 11.7. The van der Waals surface area contributed by atoms with Crippen LogP contribution in [0.2, 0.25) is 0 Å². The number of unbranched alkanes of at least 4 members (excludes halogenated alkanes) is 22. The summed E-state index contributed by atoms with van der Waals surface area (Å²) in [5.41, 5.74) is 0. The zero-order chi connectivity index (χ0) is 31.5. The molecular weight excluding hydrogens is 528 g/mol. The monoisotopic (exact) mass is 603 g/mol. The second-order valence-corrected chi connectivity index (χ2v) is 12.9. The molecule has 4 nitrogen and oxygen atoms in total. The van der Waals surface area contributed by atoms with Crippen LogP contribution in [0.15, 0.2) is 24.3 Å². The Kier molecular flexibility index (Phi) is 33.6. The van der Waals surface area contributed by atoms with E-state index in [1.165, 1.54) is 141 Å². The van der Waals surface area contributed by atoms with Crippen molar-refractivity contribution in [2.45, 2.75) is 207 Å². The van der Waals surface area contributed by atoms with Crippen LogP contribution in [0.1, 0.15) is 201 Å². The van der Waals surface area contributed by atoms with Crippen LogP contribution in [-0.2, 0) is 9.59 Å². The van der Waals surface area contributed by atoms with E-state index in [1.807, 2.05) is 6.92 Å². The maximum atomic E-state index is 12.2. The number of allylic oxidation sites excluding steroid dienone is 4. The molecule has 0 bridgehead atoms. The van der Waals surface area contributed by atoms with Gasteiger partial charge < -0.3 is 10.6 Å². The molecule has 0 fully saturated rings. The van der Waals surface area contributed by atoms with Crippen LogP contribution >= 0.6 is 0 Å². The Balaban J connectivity index is 3.46. The van der Waals surface area contributed by atoms with Gasteiger partial charge in [-0.05, 0) is 71.1 Å². The van der Waals surface area contributed by atoms with Gasteiger partial charge in [0.05, 0.1) is 0 Å². The Morgan fingerprint density at radius 1 is 0.465 bits per heavy atom. The molecule has 0 spiro atoms. The van der Waals surface area contributed by atoms with Crippen molar-refractivity contribution in [3.8, 4) is 0 Å². The van der Waals surface area contributed by atoms with Gasteiger partial charge in [-0.25, -0.2) is 0 Å². The molecule has 0 aromatic heterocycles. The summed E-state index contributed by atoms with van der Waals surface area (Å²) in [5.74, 6) is 0.215. The molecule has 4 heteroatoms. The second kappa shape index (κ2) is 34.9. The second-order valence-electron chi connectivity index (χ2n) is 12.9. The van der Waals surface area contributed by atoms with Crippen molar-refractivity contribution in [2.24, 2.45) is 0 Å². The summed E-state index contributed by atoms with van der Waals surface area (Å²) in [5, 5.41) is 6.03. The molecule has 2 amide bonds. The van der Waals surface area contributed by atoms with E-state index in [-0.39, 0.29) is 17.9 Å². The average molecular weight is 603 g/mol. The van der Waals surface area contributed by atoms with Crippen LogP contribution in [-0.4, -0.2) is 24.4 Å². The van der Waals surface area contributed by atoms with Crippen LogP contribution in [0.4, 0.5) is 0 Å². The van der Waals surface area contributed by atoms with Gasteiger partial charge in [0, 0.05) is 25.4 Å². The van der Waals surface area contributed by atoms with Gasteiger partial charge in [-0.15, -0.1) is 0 Å². The van der Waals surface area contributed by atoms with Crippen LogP contribution in [0, 0.1) is 0 Å². The lowest BCUT2D eigenvalue weighted by Crippen LogP contribution is -2.41. The SMILES string of the molecule is CCCCCCCCC=CCCCCCCCC(=O)NCC(C)NC(=O)CCCCCCCC=CCCCCCCCC. The van der Waals surface area contributed by atoms with E-state index in [4.69, 9.17) is 0 Å². The molecule has 0 aromatic rings. The Labute approximate surface area is 269 Å². The summed E-state index contributed by atoms with van der Waals surface area (Å²) in [7, 11) is 0. The Hall–Kier alpha value is -1.58. The van der Waals surface area contributed by atoms with E-state index < -0.39 is 0 Å². The minimum Gasteiger partial charge on any atom is -0.354 e. The summed E-state index contributed by atoms with van der Waals surface area (Å²) >= 11 is 0. The van der Waals surface area contributed by atoms with Gasteiger partial charge in [0.1, 0.15) is 0 Å². The number of carbonyl (C=O) groups excluding carboxylic acids is 2. The molecule has 252 valence electrons. The van der Waals surface area contributed by atoms with Crippen molar-refractivity contribution in [2.75, 3.05) is 6.54 Å². The van der Waals surface area contributed by atoms with Gasteiger partial charge in [-0.3, -0.25) is 9.59 Å². The van der Waals surface area contributed by atoms with Crippen molar-refractivity contribution >= 4 is 11.8 Å². The van der Waals surface area contributed by atoms with Crippen LogP contribution in [0.5, 0.6) is 0 Å². The van der Waals surface area contributed by atoms with E-state index in [1.54, 1.807) is 0 Å². The summed E-state index contributed by atoms with van der Waals surface area (Å²) in [6.45, 7) is 7.03. The van der Waals surface area contributed by atoms with E-state index in [0.29, 0.717) is 19.4 Å². The molecule has 0 aliphatic rings. The number of rotatable bonds is 33. The van der Waals surface area contributed by atoms with Crippen LogP contribution in [0.25, 0.3) is 0 Å². The normalized spacial score (nSPS) is 12.3. The first-order valence-electron chi connectivity index (χ1n) is 19.0. The summed E-state index contributed by atoms with van der Waals surface area (Å²) in [6, 6.07) is -0.0197. The molecule has 0 heterocycles. The highest BCUT2D eigenvalue weighted by Crippen LogP contribution is 2.11. The smallest absolute Gasteiger partial charge is 0.220 e. The fourth-order valence-corrected chi connectivity index (χ4v) is 5.47. The molecule has 0 saturated heterocycles. The Morgan fingerprint density at radius 2 is 0.791 bits per heavy atom. The van der Waals surface area contributed by atoms with Gasteiger partial charge in [-0.1, -0.05) is 141 Å². The predicted molar refractivity (Wildman–Crippen MR) is 190 cm³/mol. The number of hydrogen-bond acceptors (Lipinski definition) is 2. The fourth-order valence-electron chi connectivity index (χ4n) is 5.47. The molecule has 1 atom stereocenters. The van der Waals surface area contributed by atoms with Gasteiger partial charge in [0.25, 0.3) is 0 Å². The maximum Gasteiger partial charge on any atom is 0.220 e. The molecule has 43 heavy (non-hydrogen) atoms. The minimum atomic E-state index is -0.0197. The van der Waals surface area contributed by atoms with E-state index in [9.17, 15) is 9.59 Å². The zero-order valence-corrected chi connectivity index (χ0v) is 29.2. The van der Waals surface area contributed by atoms with Crippen molar-refractivity contribution in [3.05, 3.63) is 24.3 Å². The van der Waals surface area contributed by atoms with Gasteiger partial charge in [0.15, 0.2) is 0 Å². The largest absolute Gasteiger partial charge is 0.354 e. The number of hydrogen-bond donors (Lipinski definition) is 2. The lowest BCUT2D eigenvalue weighted by molar-refractivity contribution is -0.123. The van der Waals surface area contributed by atoms with Gasteiger partial charge in [0.2, 0.25) is 11.8 Å². The third-order valence-corrected chi connectivity index (χ3v) is 8.34. The molecule has 0 aliphatic heterocycles. The number of amides is 2. The molecule has 0 saturated carbocycles. The molecular formula is C39H74N2O2. The summed E-state index contributed by atoms with van der Waals surface area (Å²) in [6.07, 6.45) is 43.5. The first-order chi connectivity index (χ1) is 21.1. The fraction of sp³-hybridized carbons (Fsp3) is 0.846. The first kappa shape index (κ1) is 41.4. The van der Waals surface area contributed by atoms with Crippen molar-refractivity contribution in [3.63, 3.8) is 0 Å². The Morgan fingerprint density at radius 3 is 1.19 bits per heavy atom. The van der Waals surface area contributed by atoms with Crippen LogP contribution in [0.3, 0.4) is 0 Å². The lowest BCUT2D eigenvalue weighted by atomic mass is 10.1. The van der Waals surface area contributed by atoms with Gasteiger partial charge >= 0.3 is 0 Å². The zero-order valence-electron chi connectivity index (χ0n) is 29.2. The quantitative estimate of drug-likeness (QED) is 0.0580. The van der Waals surface area contributed by atoms with Crippen LogP contribution < -0.4 is 10.6 Å². The highest BCUT2D eigenvalue weighted by Gasteiger charge is 2.09. The van der Waals surface area contributed by atoms with Gasteiger partial charge in [-0.2, -0.15) is 0 Å². The van der Waals surface area contributed by atoms with Crippen molar-refractivity contribution in [1.82, 2.24) is 10.6 Å². The molecule has 0 rings (SSSR count). The molecule has 1 unspecified atom stereocenters. The maximum absolute atomic E-state index is 12.2. The molecule has 0 aliphatic carbocycles. The number of carbonyl (C=O) groups is 2. The van der Waals surface area contributed by atoms with Crippen molar-refractivity contribution < 1.29 is 9.59 Å². The lowest BCUT2D eigenvalue weighted by Gasteiger charge is -2.15. The Bertz CT molecular complexity index is 658. The third kappa shape index (κ3) is 34.8. The number of nitrogens with one attached hydrogen (secondary N) is 2. The molecule has 0 aromatic carbocycles. The highest BCUT2D eigenvalue weighted by molar-refractivity contribution is 5.77. The minimum absolute atomic E-state index is 0.0197. The summed E-state index contributed by atoms with van der Waals surface area (Å²) in [4.78, 5) is 24.4. The topological polar surface area (TPSA) is 58.2 Å². The van der Waals surface area contributed by atoms with E-state index in [2.05, 4.69) is 48.8 Å². The first-order valence-corrected chi connectivity index (χ1v) is 19.0. The summed E-state index contributed by atoms with van der Waals surface area (Å²) < 4.78 is 0. The molecule has 0 radical (unpaired) electrons. The average Bonchev–Trinajstić information content (AvgIpc) is 3.00. The third-order valence-electron chi connectivity index (χ3n) is 8.34. The van der Waals surface area contributed by atoms with E-state index in [0.717, 1.165) is 25.7 Å². The molecule has 2 N–H and O–H groups in total. The van der Waals surface area contributed by atoms with E-state index >= 15 is 0 Å². The van der Waals surface area contributed by atoms with Crippen molar-refractivity contribution in [1.29, 1.82) is 0 Å². The standard InChI is InChI=1S/C39H74N2O2/c1-4-6-8-10-12-14-16-18-20-22-24-26-28-30-32-34-38(42)40-36-37(3)41-39(43)35-33-31-29-27-25-23-21-19-17-15-13-11-9-7-5-2/h18-21,37H,4-17,22-36H2,1-3H3,(H,40,42)(H,41,43).